The summed E-state index contributed by atoms with van der Waals surface area (Å²) in [7, 11) is 0. The van der Waals surface area contributed by atoms with E-state index in [0.717, 1.165) is 5.56 Å². The number of esters is 1. The van der Waals surface area contributed by atoms with Crippen molar-refractivity contribution in [3.05, 3.63) is 59.7 Å². The molecule has 30 heavy (non-hydrogen) atoms. The molecule has 0 saturated heterocycles. The van der Waals surface area contributed by atoms with Crippen molar-refractivity contribution in [2.45, 2.75) is 59.0 Å². The lowest BCUT2D eigenvalue weighted by Crippen LogP contribution is -2.30. The highest BCUT2D eigenvalue weighted by Crippen LogP contribution is 2.22. The highest BCUT2D eigenvalue weighted by molar-refractivity contribution is 5.95. The Balaban J connectivity index is 1.80. The van der Waals surface area contributed by atoms with Gasteiger partial charge in [-0.3, -0.25) is 14.4 Å². The van der Waals surface area contributed by atoms with Gasteiger partial charge in [0.25, 0.3) is 5.91 Å². The number of anilines is 2. The average Bonchev–Trinajstić information content (AvgIpc) is 2.67. The van der Waals surface area contributed by atoms with E-state index in [-0.39, 0.29) is 17.7 Å². The molecule has 0 fully saturated rings. The Morgan fingerprint density at radius 3 is 1.93 bits per heavy atom. The number of ether oxygens (including phenoxy) is 1. The number of nitrogens with one attached hydrogen (secondary N) is 2. The number of hydrogen-bond acceptors (Lipinski definition) is 4. The van der Waals surface area contributed by atoms with Gasteiger partial charge in [0.1, 0.15) is 0 Å². The molecule has 0 spiro atoms. The molecule has 0 aliphatic carbocycles. The van der Waals surface area contributed by atoms with Crippen molar-refractivity contribution in [2.75, 3.05) is 10.6 Å². The van der Waals surface area contributed by atoms with Crippen LogP contribution in [0.25, 0.3) is 0 Å². The normalized spacial score (nSPS) is 12.0. The van der Waals surface area contributed by atoms with E-state index in [1.165, 1.54) is 19.4 Å². The van der Waals surface area contributed by atoms with E-state index in [4.69, 9.17) is 4.74 Å². The third-order valence-corrected chi connectivity index (χ3v) is 4.59. The van der Waals surface area contributed by atoms with Crippen LogP contribution in [0.4, 0.5) is 11.4 Å². The first-order chi connectivity index (χ1) is 14.0. The van der Waals surface area contributed by atoms with Crippen molar-refractivity contribution >= 4 is 29.2 Å². The largest absolute Gasteiger partial charge is 0.453 e. The third kappa shape index (κ3) is 7.35. The summed E-state index contributed by atoms with van der Waals surface area (Å²) in [6.07, 6.45) is -0.143. The SMILES string of the molecule is CC(=O)Nc1ccc(NC(=O)[C@H](C)OC(=O)CCc2ccc(C(C)(C)C)cc2)cc1. The van der Waals surface area contributed by atoms with Gasteiger partial charge in [-0.05, 0) is 54.2 Å². The number of amides is 2. The van der Waals surface area contributed by atoms with Gasteiger partial charge < -0.3 is 15.4 Å². The van der Waals surface area contributed by atoms with Crippen LogP contribution in [0.15, 0.2) is 48.5 Å². The van der Waals surface area contributed by atoms with E-state index in [0.29, 0.717) is 17.8 Å². The number of hydrogen-bond donors (Lipinski definition) is 2. The van der Waals surface area contributed by atoms with Gasteiger partial charge >= 0.3 is 5.97 Å². The maximum Gasteiger partial charge on any atom is 0.306 e. The number of aryl methyl sites for hydroxylation is 1. The fourth-order valence-corrected chi connectivity index (χ4v) is 2.81. The Hall–Kier alpha value is -3.15. The second kappa shape index (κ2) is 10.1. The highest BCUT2D eigenvalue weighted by Gasteiger charge is 2.18. The number of benzene rings is 2. The van der Waals surface area contributed by atoms with E-state index in [1.54, 1.807) is 24.3 Å². The Bertz CT molecular complexity index is 881. The fraction of sp³-hybridized carbons (Fsp3) is 0.375. The van der Waals surface area contributed by atoms with Crippen molar-refractivity contribution in [1.82, 2.24) is 0 Å². The minimum atomic E-state index is -0.907. The van der Waals surface area contributed by atoms with Crippen molar-refractivity contribution in [3.63, 3.8) is 0 Å². The molecule has 2 aromatic rings. The molecule has 2 amide bonds. The number of rotatable bonds is 7. The number of carbonyl (C=O) groups is 3. The first kappa shape index (κ1) is 23.1. The molecule has 0 bridgehead atoms. The molecule has 0 saturated carbocycles. The van der Waals surface area contributed by atoms with Crippen LogP contribution in [0.2, 0.25) is 0 Å². The lowest BCUT2D eigenvalue weighted by molar-refractivity contribution is -0.153. The van der Waals surface area contributed by atoms with Crippen molar-refractivity contribution in [2.24, 2.45) is 0 Å². The lowest BCUT2D eigenvalue weighted by atomic mass is 9.86. The highest BCUT2D eigenvalue weighted by atomic mass is 16.5. The summed E-state index contributed by atoms with van der Waals surface area (Å²) >= 11 is 0. The molecule has 1 atom stereocenters. The first-order valence-corrected chi connectivity index (χ1v) is 10.0. The molecule has 0 heterocycles. The molecule has 0 aromatic heterocycles. The van der Waals surface area contributed by atoms with E-state index in [1.807, 2.05) is 12.1 Å². The maximum absolute atomic E-state index is 12.3. The van der Waals surface area contributed by atoms with Gasteiger partial charge in [-0.2, -0.15) is 0 Å². The summed E-state index contributed by atoms with van der Waals surface area (Å²) in [6, 6.07) is 14.9. The van der Waals surface area contributed by atoms with Crippen molar-refractivity contribution in [3.8, 4) is 0 Å². The monoisotopic (exact) mass is 410 g/mol. The van der Waals surface area contributed by atoms with Gasteiger partial charge in [-0.15, -0.1) is 0 Å². The summed E-state index contributed by atoms with van der Waals surface area (Å²) < 4.78 is 5.25. The van der Waals surface area contributed by atoms with Crippen LogP contribution in [0.1, 0.15) is 52.2 Å². The van der Waals surface area contributed by atoms with Crippen molar-refractivity contribution in [1.29, 1.82) is 0 Å². The van der Waals surface area contributed by atoms with Gasteiger partial charge in [-0.25, -0.2) is 0 Å². The molecule has 0 aliphatic heterocycles. The quantitative estimate of drug-likeness (QED) is 0.661. The topological polar surface area (TPSA) is 84.5 Å². The summed E-state index contributed by atoms with van der Waals surface area (Å²) in [5.74, 6) is -0.999. The Morgan fingerprint density at radius 2 is 1.43 bits per heavy atom. The minimum Gasteiger partial charge on any atom is -0.453 e. The van der Waals surface area contributed by atoms with Gasteiger partial charge in [-0.1, -0.05) is 45.0 Å². The zero-order chi connectivity index (χ0) is 22.3. The van der Waals surface area contributed by atoms with Gasteiger partial charge in [0.2, 0.25) is 5.91 Å². The molecule has 6 nitrogen and oxygen atoms in total. The molecule has 6 heteroatoms. The van der Waals surface area contributed by atoms with Gasteiger partial charge in [0, 0.05) is 24.7 Å². The number of carbonyl (C=O) groups excluding carboxylic acids is 3. The van der Waals surface area contributed by atoms with E-state index >= 15 is 0 Å². The van der Waals surface area contributed by atoms with Crippen LogP contribution in [-0.4, -0.2) is 23.9 Å². The van der Waals surface area contributed by atoms with Crippen LogP contribution in [0, 0.1) is 0 Å². The molecule has 0 unspecified atom stereocenters. The smallest absolute Gasteiger partial charge is 0.306 e. The Kier molecular flexibility index (Phi) is 7.75. The van der Waals surface area contributed by atoms with Crippen molar-refractivity contribution < 1.29 is 19.1 Å². The van der Waals surface area contributed by atoms with Crippen LogP contribution in [0.5, 0.6) is 0 Å². The zero-order valence-electron chi connectivity index (χ0n) is 18.2. The average molecular weight is 411 g/mol. The van der Waals surface area contributed by atoms with Crippen LogP contribution in [-0.2, 0) is 31.0 Å². The zero-order valence-corrected chi connectivity index (χ0v) is 18.2. The van der Waals surface area contributed by atoms with Gasteiger partial charge in [0.15, 0.2) is 6.10 Å². The van der Waals surface area contributed by atoms with E-state index in [2.05, 4.69) is 43.5 Å². The first-order valence-electron chi connectivity index (χ1n) is 10.0. The summed E-state index contributed by atoms with van der Waals surface area (Å²) in [5, 5.41) is 5.34. The molecule has 2 N–H and O–H groups in total. The molecule has 2 rings (SSSR count). The van der Waals surface area contributed by atoms with Crippen LogP contribution >= 0.6 is 0 Å². The van der Waals surface area contributed by atoms with E-state index < -0.39 is 18.0 Å². The predicted molar refractivity (Wildman–Crippen MR) is 118 cm³/mol. The molecular weight excluding hydrogens is 380 g/mol. The minimum absolute atomic E-state index is 0.0878. The van der Waals surface area contributed by atoms with Crippen LogP contribution < -0.4 is 10.6 Å². The summed E-state index contributed by atoms with van der Waals surface area (Å²) in [6.45, 7) is 9.43. The van der Waals surface area contributed by atoms with Gasteiger partial charge in [0.05, 0.1) is 0 Å². The summed E-state index contributed by atoms with van der Waals surface area (Å²) in [5.41, 5.74) is 3.57. The lowest BCUT2D eigenvalue weighted by Gasteiger charge is -2.19. The molecule has 0 radical (unpaired) electrons. The van der Waals surface area contributed by atoms with Crippen LogP contribution in [0.3, 0.4) is 0 Å². The molecular formula is C24H30N2O4. The molecule has 160 valence electrons. The third-order valence-electron chi connectivity index (χ3n) is 4.59. The molecule has 2 aromatic carbocycles. The van der Waals surface area contributed by atoms with E-state index in [9.17, 15) is 14.4 Å². The molecule has 0 aliphatic rings. The predicted octanol–water partition coefficient (Wildman–Crippen LogP) is 4.45. The Labute approximate surface area is 178 Å². The second-order valence-corrected chi connectivity index (χ2v) is 8.33. The maximum atomic E-state index is 12.3. The standard InChI is InChI=1S/C24H30N2O4/c1-16(23(29)26-21-13-11-20(12-14-21)25-17(2)27)30-22(28)15-8-18-6-9-19(10-7-18)24(3,4)5/h6-7,9-14,16H,8,15H2,1-5H3,(H,25,27)(H,26,29)/t16-/m0/s1. The second-order valence-electron chi connectivity index (χ2n) is 8.33. The summed E-state index contributed by atoms with van der Waals surface area (Å²) in [4.78, 5) is 35.4. The fourth-order valence-electron chi connectivity index (χ4n) is 2.81. The Morgan fingerprint density at radius 1 is 0.900 bits per heavy atom.